The number of ketones is 2. The summed E-state index contributed by atoms with van der Waals surface area (Å²) in [6, 6.07) is 3.40. The maximum Gasteiger partial charge on any atom is 0.231 e. The van der Waals surface area contributed by atoms with Crippen LogP contribution in [-0.2, 0) is 18.9 Å². The first-order valence-corrected chi connectivity index (χ1v) is 14.3. The third kappa shape index (κ3) is 9.53. The van der Waals surface area contributed by atoms with Crippen molar-refractivity contribution in [2.24, 2.45) is 10.8 Å². The molecule has 0 fully saturated rings. The molecule has 4 rings (SSSR count). The van der Waals surface area contributed by atoms with E-state index in [9.17, 15) is 9.59 Å². The van der Waals surface area contributed by atoms with E-state index in [2.05, 4.69) is 0 Å². The molecule has 264 valence electrons. The molecule has 0 aliphatic carbocycles. The lowest BCUT2D eigenvalue weighted by Gasteiger charge is -2.26. The summed E-state index contributed by atoms with van der Waals surface area (Å²) >= 11 is 0. The van der Waals surface area contributed by atoms with Crippen LogP contribution in [0.4, 0.5) is 0 Å². The van der Waals surface area contributed by atoms with E-state index in [4.69, 9.17) is 56.8 Å². The first-order chi connectivity index (χ1) is 21.8. The van der Waals surface area contributed by atoms with Gasteiger partial charge in [-0.25, -0.2) is 0 Å². The molecule has 2 aliphatic heterocycles. The summed E-state index contributed by atoms with van der Waals surface area (Å²) in [4.78, 5) is 26.6. The second-order valence-corrected chi connectivity index (χ2v) is 12.0. The Morgan fingerprint density at radius 1 is 0.574 bits per heavy atom. The molecule has 0 atom stereocenters. The van der Waals surface area contributed by atoms with Gasteiger partial charge in [0.2, 0.25) is 13.6 Å². The Labute approximate surface area is 276 Å². The first kappa shape index (κ1) is 39.2. The number of fused-ring (bicyclic) bond motifs is 2. The highest BCUT2D eigenvalue weighted by Gasteiger charge is 2.42. The molecular weight excluding hydrogens is 620 g/mol. The van der Waals surface area contributed by atoms with Crippen molar-refractivity contribution in [1.82, 2.24) is 0 Å². The van der Waals surface area contributed by atoms with Crippen LogP contribution >= 0.6 is 0 Å². The number of hydrogen-bond donors (Lipinski definition) is 0. The molecule has 14 heteroatoms. The zero-order valence-electron chi connectivity index (χ0n) is 28.1. The Kier molecular flexibility index (Phi) is 14.4. The molecule has 47 heavy (non-hydrogen) atoms. The molecule has 2 heterocycles. The van der Waals surface area contributed by atoms with Crippen molar-refractivity contribution in [3.8, 4) is 46.0 Å². The van der Waals surface area contributed by atoms with E-state index in [0.717, 1.165) is 0 Å². The minimum Gasteiger partial charge on any atom is -0.464 e. The van der Waals surface area contributed by atoms with Gasteiger partial charge in [0, 0.05) is 51.4 Å². The fraction of sp³-hybridized carbons (Fsp3) is 0.576. The van der Waals surface area contributed by atoms with Crippen molar-refractivity contribution >= 4 is 11.6 Å². The van der Waals surface area contributed by atoms with Gasteiger partial charge in [-0.05, 0) is 0 Å². The number of Topliss-reactive ketones (excluding diaryl/α,β-unsaturated/α-hetero) is 2. The van der Waals surface area contributed by atoms with E-state index in [1.807, 2.05) is 0 Å². The van der Waals surface area contributed by atoms with Crippen LogP contribution in [0.1, 0.15) is 69.7 Å². The molecule has 0 radical (unpaired) electrons. The Balaban J connectivity index is 0.000000363. The van der Waals surface area contributed by atoms with E-state index >= 15 is 0 Å². The Hall–Kier alpha value is -3.98. The molecule has 0 saturated carbocycles. The van der Waals surface area contributed by atoms with Crippen LogP contribution in [0.3, 0.4) is 0 Å². The molecule has 2 aromatic rings. The Morgan fingerprint density at radius 2 is 0.894 bits per heavy atom. The van der Waals surface area contributed by atoms with Gasteiger partial charge in [-0.2, -0.15) is 0 Å². The summed E-state index contributed by atoms with van der Waals surface area (Å²) in [5.74, 6) is 2.29. The van der Waals surface area contributed by atoms with Crippen LogP contribution in [0.25, 0.3) is 0 Å². The number of carbonyl (C=O) groups excluding carboxylic acids is 2. The van der Waals surface area contributed by atoms with Gasteiger partial charge in [-0.15, -0.1) is 0 Å². The molecule has 0 amide bonds. The number of ether oxygens (including phenoxy) is 12. The zero-order chi connectivity index (χ0) is 34.1. The molecular formula is C33H48O14. The summed E-state index contributed by atoms with van der Waals surface area (Å²) < 4.78 is 63.7. The predicted octanol–water partition coefficient (Wildman–Crippen LogP) is 5.86. The lowest BCUT2D eigenvalue weighted by Crippen LogP contribution is -2.25. The predicted molar refractivity (Wildman–Crippen MR) is 169 cm³/mol. The van der Waals surface area contributed by atoms with Crippen LogP contribution in [0.5, 0.6) is 46.0 Å². The molecule has 14 nitrogen and oxygen atoms in total. The number of rotatable bonds is 14. The lowest BCUT2D eigenvalue weighted by molar-refractivity contribution is 0.0304. The summed E-state index contributed by atoms with van der Waals surface area (Å²) in [5.41, 5.74) is -1.20. The fourth-order valence-corrected chi connectivity index (χ4v) is 4.13. The van der Waals surface area contributed by atoms with Crippen molar-refractivity contribution in [2.75, 3.05) is 69.2 Å². The lowest BCUT2D eigenvalue weighted by atomic mass is 9.82. The van der Waals surface area contributed by atoms with Crippen LogP contribution in [-0.4, -0.2) is 80.8 Å². The molecule has 2 aliphatic rings. The van der Waals surface area contributed by atoms with E-state index in [1.54, 1.807) is 67.9 Å². The number of carbonyl (C=O) groups is 2. The minimum atomic E-state index is -0.751. The second-order valence-electron chi connectivity index (χ2n) is 12.0. The SMILES string of the molecule is C.COCOc1c(OCOC)c(C(=O)C(C)(C)C)c2c(c1C(=O)C(C)(C)C)OCO2.COCOc1cc2c(cc1OCOC)OCO2. The standard InChI is InChI=1S/C21H30O8.C11H14O6.CH4/c1-20(2,3)18(22)12-14(26-9-24-7)15(27-10-25-8)13(19(23)21(4,5)6)17-16(12)28-11-29-17;1-12-5-14-8-3-10-11(17-7-16-10)4-9(8)15-6-13-2;/h9-11H2,1-8H3;3-4H,5-7H2,1-2H3;1H4. The van der Waals surface area contributed by atoms with Crippen molar-refractivity contribution in [3.05, 3.63) is 23.3 Å². The molecule has 2 aromatic carbocycles. The van der Waals surface area contributed by atoms with Gasteiger partial charge in [0.05, 0.1) is 0 Å². The third-order valence-corrected chi connectivity index (χ3v) is 6.29. The molecule has 0 unspecified atom stereocenters. The van der Waals surface area contributed by atoms with Crippen LogP contribution in [0.2, 0.25) is 0 Å². The monoisotopic (exact) mass is 668 g/mol. The summed E-state index contributed by atoms with van der Waals surface area (Å²) in [6.45, 7) is 10.7. The smallest absolute Gasteiger partial charge is 0.231 e. The summed E-state index contributed by atoms with van der Waals surface area (Å²) in [5, 5.41) is 0. The molecule has 0 aromatic heterocycles. The van der Waals surface area contributed by atoms with Gasteiger partial charge in [-0.3, -0.25) is 9.59 Å². The highest BCUT2D eigenvalue weighted by molar-refractivity contribution is 6.12. The van der Waals surface area contributed by atoms with Crippen molar-refractivity contribution < 1.29 is 66.4 Å². The van der Waals surface area contributed by atoms with Gasteiger partial charge >= 0.3 is 0 Å². The van der Waals surface area contributed by atoms with Crippen molar-refractivity contribution in [3.63, 3.8) is 0 Å². The van der Waals surface area contributed by atoms with E-state index < -0.39 is 10.8 Å². The van der Waals surface area contributed by atoms with E-state index in [1.165, 1.54) is 14.2 Å². The van der Waals surface area contributed by atoms with Crippen molar-refractivity contribution in [1.29, 1.82) is 0 Å². The number of hydrogen-bond acceptors (Lipinski definition) is 14. The maximum absolute atomic E-state index is 13.3. The largest absolute Gasteiger partial charge is 0.464 e. The van der Waals surface area contributed by atoms with Crippen molar-refractivity contribution in [2.45, 2.75) is 49.0 Å². The molecule has 0 spiro atoms. The number of benzene rings is 2. The Morgan fingerprint density at radius 3 is 1.21 bits per heavy atom. The second kappa shape index (κ2) is 17.3. The first-order valence-electron chi connectivity index (χ1n) is 14.3. The average molecular weight is 669 g/mol. The highest BCUT2D eigenvalue weighted by Crippen LogP contribution is 2.53. The Bertz CT molecular complexity index is 1260. The molecule has 0 saturated heterocycles. The van der Waals surface area contributed by atoms with Crippen LogP contribution in [0, 0.1) is 10.8 Å². The quantitative estimate of drug-likeness (QED) is 0.175. The maximum atomic E-state index is 13.3. The van der Waals surface area contributed by atoms with Gasteiger partial charge in [0.15, 0.2) is 84.7 Å². The fourth-order valence-electron chi connectivity index (χ4n) is 4.13. The van der Waals surface area contributed by atoms with Gasteiger partial charge in [-0.1, -0.05) is 49.0 Å². The topological polar surface area (TPSA) is 145 Å². The minimum absolute atomic E-state index is 0. The zero-order valence-corrected chi connectivity index (χ0v) is 28.1. The highest BCUT2D eigenvalue weighted by atomic mass is 16.7. The van der Waals surface area contributed by atoms with E-state index in [0.29, 0.717) is 23.0 Å². The van der Waals surface area contributed by atoms with Gasteiger partial charge in [0.1, 0.15) is 11.1 Å². The number of methoxy groups -OCH3 is 4. The summed E-state index contributed by atoms with van der Waals surface area (Å²) in [6.07, 6.45) is 0. The normalized spacial score (nSPS) is 12.8. The van der Waals surface area contributed by atoms with Crippen LogP contribution in [0.15, 0.2) is 12.1 Å². The summed E-state index contributed by atoms with van der Waals surface area (Å²) in [7, 11) is 6.00. The average Bonchev–Trinajstić information content (AvgIpc) is 3.68. The third-order valence-electron chi connectivity index (χ3n) is 6.29. The van der Waals surface area contributed by atoms with Gasteiger partial charge < -0.3 is 56.8 Å². The molecule has 0 bridgehead atoms. The van der Waals surface area contributed by atoms with Gasteiger partial charge in [0.25, 0.3) is 0 Å². The van der Waals surface area contributed by atoms with E-state index in [-0.39, 0.29) is 93.9 Å². The molecule has 0 N–H and O–H groups in total. The van der Waals surface area contributed by atoms with Crippen LogP contribution < -0.4 is 37.9 Å².